The Bertz CT molecular complexity index is 115. The van der Waals surface area contributed by atoms with Crippen LogP contribution in [-0.4, -0.2) is 24.6 Å². The maximum absolute atomic E-state index is 10.8. The third-order valence-corrected chi connectivity index (χ3v) is 2.01. The van der Waals surface area contributed by atoms with Crippen LogP contribution in [0.4, 0.5) is 0 Å². The molecule has 0 aromatic heterocycles. The van der Waals surface area contributed by atoms with E-state index in [9.17, 15) is 4.79 Å². The van der Waals surface area contributed by atoms with Crippen LogP contribution >= 0.6 is 11.8 Å². The second-order valence-corrected chi connectivity index (χ2v) is 3.50. The van der Waals surface area contributed by atoms with Crippen molar-refractivity contribution < 1.29 is 9.53 Å². The maximum atomic E-state index is 10.8. The number of hydrogen-bond acceptors (Lipinski definition) is 3. The molecule has 1 unspecified atom stereocenters. The minimum atomic E-state index is -0.0993. The lowest BCUT2D eigenvalue weighted by molar-refractivity contribution is -0.141. The van der Waals surface area contributed by atoms with E-state index in [2.05, 4.69) is 13.8 Å². The zero-order valence-corrected chi connectivity index (χ0v) is 8.24. The van der Waals surface area contributed by atoms with E-state index in [1.807, 2.05) is 6.26 Å². The molecule has 0 aliphatic heterocycles. The molecule has 0 rings (SSSR count). The molecule has 0 spiro atoms. The molecule has 0 fully saturated rings. The van der Waals surface area contributed by atoms with Crippen molar-refractivity contribution in [1.82, 2.24) is 0 Å². The van der Waals surface area contributed by atoms with Crippen LogP contribution in [0, 0.1) is 5.92 Å². The van der Waals surface area contributed by atoms with Crippen LogP contribution < -0.4 is 0 Å². The van der Waals surface area contributed by atoms with Gasteiger partial charge in [-0.25, -0.2) is 0 Å². The Balaban J connectivity index is 3.30. The molecule has 2 nitrogen and oxygen atoms in total. The molecule has 0 heterocycles. The average molecular weight is 176 g/mol. The SMILES string of the molecule is CCC(C)COC(=O)CSC. The van der Waals surface area contributed by atoms with E-state index in [1.165, 1.54) is 11.8 Å². The fraction of sp³-hybridized carbons (Fsp3) is 0.875. The van der Waals surface area contributed by atoms with Crippen LogP contribution in [0.5, 0.6) is 0 Å². The van der Waals surface area contributed by atoms with Gasteiger partial charge in [-0.15, -0.1) is 0 Å². The summed E-state index contributed by atoms with van der Waals surface area (Å²) in [4.78, 5) is 10.8. The van der Waals surface area contributed by atoms with Crippen molar-refractivity contribution in [2.24, 2.45) is 5.92 Å². The highest BCUT2D eigenvalue weighted by molar-refractivity contribution is 7.99. The van der Waals surface area contributed by atoms with Crippen molar-refractivity contribution in [3.8, 4) is 0 Å². The van der Waals surface area contributed by atoms with Crippen molar-refractivity contribution in [2.45, 2.75) is 20.3 Å². The first-order valence-corrected chi connectivity index (χ1v) is 5.24. The molecule has 0 bridgehead atoms. The largest absolute Gasteiger partial charge is 0.465 e. The number of hydrogen-bond donors (Lipinski definition) is 0. The number of carbonyl (C=O) groups is 1. The quantitative estimate of drug-likeness (QED) is 0.599. The summed E-state index contributed by atoms with van der Waals surface area (Å²) in [6, 6.07) is 0. The van der Waals surface area contributed by atoms with Gasteiger partial charge in [-0.3, -0.25) is 4.79 Å². The number of carbonyl (C=O) groups excluding carboxylic acids is 1. The number of esters is 1. The molecule has 0 aliphatic rings. The lowest BCUT2D eigenvalue weighted by Gasteiger charge is -2.08. The molecule has 0 saturated heterocycles. The van der Waals surface area contributed by atoms with Crippen LogP contribution in [0.1, 0.15) is 20.3 Å². The lowest BCUT2D eigenvalue weighted by Crippen LogP contribution is -2.12. The predicted octanol–water partition coefficient (Wildman–Crippen LogP) is 1.94. The molecular weight excluding hydrogens is 160 g/mol. The van der Waals surface area contributed by atoms with Crippen molar-refractivity contribution in [3.05, 3.63) is 0 Å². The van der Waals surface area contributed by atoms with Crippen LogP contribution in [-0.2, 0) is 9.53 Å². The van der Waals surface area contributed by atoms with Crippen molar-refractivity contribution in [2.75, 3.05) is 18.6 Å². The zero-order chi connectivity index (χ0) is 8.69. The minimum absolute atomic E-state index is 0.0993. The van der Waals surface area contributed by atoms with E-state index in [0.717, 1.165) is 6.42 Å². The molecule has 0 aliphatic carbocycles. The van der Waals surface area contributed by atoms with Gasteiger partial charge in [0, 0.05) is 0 Å². The van der Waals surface area contributed by atoms with Gasteiger partial charge in [0.15, 0.2) is 0 Å². The highest BCUT2D eigenvalue weighted by Gasteiger charge is 2.03. The summed E-state index contributed by atoms with van der Waals surface area (Å²) in [5, 5.41) is 0. The van der Waals surface area contributed by atoms with Gasteiger partial charge < -0.3 is 4.74 Å². The molecule has 3 heteroatoms. The van der Waals surface area contributed by atoms with Crippen LogP contribution in [0.25, 0.3) is 0 Å². The van der Waals surface area contributed by atoms with Gasteiger partial charge in [0.1, 0.15) is 0 Å². The molecular formula is C8H16O2S. The van der Waals surface area contributed by atoms with Crippen molar-refractivity contribution in [3.63, 3.8) is 0 Å². The Kier molecular flexibility index (Phi) is 6.42. The van der Waals surface area contributed by atoms with E-state index in [4.69, 9.17) is 4.74 Å². The summed E-state index contributed by atoms with van der Waals surface area (Å²) in [6.07, 6.45) is 2.96. The van der Waals surface area contributed by atoms with Crippen LogP contribution in [0.2, 0.25) is 0 Å². The molecule has 1 atom stereocenters. The first-order valence-electron chi connectivity index (χ1n) is 3.85. The highest BCUT2D eigenvalue weighted by atomic mass is 32.2. The molecule has 0 radical (unpaired) electrons. The molecule has 0 saturated carbocycles. The molecule has 66 valence electrons. The smallest absolute Gasteiger partial charge is 0.315 e. The molecule has 0 aromatic carbocycles. The summed E-state index contributed by atoms with van der Waals surface area (Å²) in [5.41, 5.74) is 0. The van der Waals surface area contributed by atoms with Gasteiger partial charge in [-0.05, 0) is 12.2 Å². The molecule has 0 aromatic rings. The Morgan fingerprint density at radius 3 is 2.73 bits per heavy atom. The van der Waals surface area contributed by atoms with Gasteiger partial charge in [-0.1, -0.05) is 20.3 Å². The maximum Gasteiger partial charge on any atom is 0.315 e. The van der Waals surface area contributed by atoms with Crippen molar-refractivity contribution in [1.29, 1.82) is 0 Å². The molecule has 0 amide bonds. The zero-order valence-electron chi connectivity index (χ0n) is 7.42. The molecule has 11 heavy (non-hydrogen) atoms. The number of thioether (sulfide) groups is 1. The average Bonchev–Trinajstić information content (AvgIpc) is 2.01. The normalized spacial score (nSPS) is 12.6. The second kappa shape index (κ2) is 6.53. The Morgan fingerprint density at radius 2 is 2.27 bits per heavy atom. The standard InChI is InChI=1S/C8H16O2S/c1-4-7(2)5-10-8(9)6-11-3/h7H,4-6H2,1-3H3. The lowest BCUT2D eigenvalue weighted by atomic mass is 10.1. The fourth-order valence-electron chi connectivity index (χ4n) is 0.513. The van der Waals surface area contributed by atoms with Gasteiger partial charge in [0.25, 0.3) is 0 Å². The van der Waals surface area contributed by atoms with E-state index >= 15 is 0 Å². The van der Waals surface area contributed by atoms with E-state index < -0.39 is 0 Å². The van der Waals surface area contributed by atoms with E-state index in [-0.39, 0.29) is 5.97 Å². The van der Waals surface area contributed by atoms with Gasteiger partial charge in [-0.2, -0.15) is 11.8 Å². The predicted molar refractivity (Wildman–Crippen MR) is 48.8 cm³/mol. The Hall–Kier alpha value is -0.180. The first-order chi connectivity index (χ1) is 5.20. The highest BCUT2D eigenvalue weighted by Crippen LogP contribution is 2.02. The van der Waals surface area contributed by atoms with Gasteiger partial charge in [0.2, 0.25) is 0 Å². The van der Waals surface area contributed by atoms with E-state index in [0.29, 0.717) is 18.3 Å². The number of rotatable bonds is 5. The number of ether oxygens (including phenoxy) is 1. The summed E-state index contributed by atoms with van der Waals surface area (Å²) in [7, 11) is 0. The van der Waals surface area contributed by atoms with Crippen LogP contribution in [0.15, 0.2) is 0 Å². The van der Waals surface area contributed by atoms with Gasteiger partial charge >= 0.3 is 5.97 Å². The second-order valence-electron chi connectivity index (χ2n) is 2.63. The summed E-state index contributed by atoms with van der Waals surface area (Å²) in [5.74, 6) is 0.856. The Labute approximate surface area is 72.7 Å². The summed E-state index contributed by atoms with van der Waals surface area (Å²) >= 11 is 1.49. The minimum Gasteiger partial charge on any atom is -0.465 e. The van der Waals surface area contributed by atoms with Crippen molar-refractivity contribution >= 4 is 17.7 Å². The van der Waals surface area contributed by atoms with E-state index in [1.54, 1.807) is 0 Å². The summed E-state index contributed by atoms with van der Waals surface area (Å²) in [6.45, 7) is 4.73. The van der Waals surface area contributed by atoms with Crippen LogP contribution in [0.3, 0.4) is 0 Å². The molecule has 0 N–H and O–H groups in total. The third kappa shape index (κ3) is 6.23. The topological polar surface area (TPSA) is 26.3 Å². The van der Waals surface area contributed by atoms with Gasteiger partial charge in [0.05, 0.1) is 12.4 Å². The summed E-state index contributed by atoms with van der Waals surface area (Å²) < 4.78 is 4.98. The first kappa shape index (κ1) is 10.8. The fourth-order valence-corrected chi connectivity index (χ4v) is 0.832. The third-order valence-electron chi connectivity index (χ3n) is 1.49. The Morgan fingerprint density at radius 1 is 1.64 bits per heavy atom. The monoisotopic (exact) mass is 176 g/mol.